The van der Waals surface area contributed by atoms with Gasteiger partial charge in [-0.1, -0.05) is 24.3 Å². The highest BCUT2D eigenvalue weighted by molar-refractivity contribution is 5.36. The Bertz CT molecular complexity index is 543. The van der Waals surface area contributed by atoms with Gasteiger partial charge in [0.25, 0.3) is 0 Å². The zero-order chi connectivity index (χ0) is 14.4. The SMILES string of the molecule is CC(N)c1c(F)cccc1OCCOc1ccccc1. The summed E-state index contributed by atoms with van der Waals surface area (Å²) in [7, 11) is 0. The van der Waals surface area contributed by atoms with E-state index in [0.717, 1.165) is 5.75 Å². The summed E-state index contributed by atoms with van der Waals surface area (Å²) in [5, 5.41) is 0. The molecule has 2 aromatic carbocycles. The lowest BCUT2D eigenvalue weighted by atomic mass is 10.1. The van der Waals surface area contributed by atoms with Gasteiger partial charge in [0.1, 0.15) is 30.5 Å². The van der Waals surface area contributed by atoms with Crippen molar-refractivity contribution >= 4 is 0 Å². The van der Waals surface area contributed by atoms with Gasteiger partial charge in [-0.2, -0.15) is 0 Å². The van der Waals surface area contributed by atoms with E-state index in [-0.39, 0.29) is 5.82 Å². The molecule has 1 unspecified atom stereocenters. The van der Waals surface area contributed by atoms with Crippen molar-refractivity contribution in [1.82, 2.24) is 0 Å². The molecule has 1 atom stereocenters. The minimum atomic E-state index is -0.416. The molecule has 0 spiro atoms. The molecule has 0 aliphatic carbocycles. The third kappa shape index (κ3) is 3.71. The summed E-state index contributed by atoms with van der Waals surface area (Å²) in [5.74, 6) is 0.904. The molecule has 20 heavy (non-hydrogen) atoms. The molecule has 0 aromatic heterocycles. The van der Waals surface area contributed by atoms with E-state index in [0.29, 0.717) is 24.5 Å². The minimum Gasteiger partial charge on any atom is -0.490 e. The zero-order valence-electron chi connectivity index (χ0n) is 11.4. The average molecular weight is 275 g/mol. The Hall–Kier alpha value is -2.07. The summed E-state index contributed by atoms with van der Waals surface area (Å²) < 4.78 is 24.7. The van der Waals surface area contributed by atoms with Crippen LogP contribution in [0, 0.1) is 5.82 Å². The van der Waals surface area contributed by atoms with Crippen LogP contribution in [0.2, 0.25) is 0 Å². The highest BCUT2D eigenvalue weighted by Gasteiger charge is 2.13. The maximum Gasteiger partial charge on any atom is 0.131 e. The van der Waals surface area contributed by atoms with E-state index in [1.807, 2.05) is 30.3 Å². The van der Waals surface area contributed by atoms with Crippen LogP contribution in [0.15, 0.2) is 48.5 Å². The fourth-order valence-electron chi connectivity index (χ4n) is 1.91. The average Bonchev–Trinajstić information content (AvgIpc) is 2.44. The first kappa shape index (κ1) is 14.3. The Morgan fingerprint density at radius 2 is 1.70 bits per heavy atom. The van der Waals surface area contributed by atoms with Gasteiger partial charge in [-0.05, 0) is 31.2 Å². The summed E-state index contributed by atoms with van der Waals surface area (Å²) in [4.78, 5) is 0. The first-order chi connectivity index (χ1) is 9.68. The maximum atomic E-state index is 13.7. The molecule has 2 rings (SSSR count). The second-order valence-corrected chi connectivity index (χ2v) is 4.45. The predicted molar refractivity (Wildman–Crippen MR) is 76.4 cm³/mol. The van der Waals surface area contributed by atoms with Crippen molar-refractivity contribution in [3.63, 3.8) is 0 Å². The molecule has 0 heterocycles. The van der Waals surface area contributed by atoms with Crippen LogP contribution in [0.1, 0.15) is 18.5 Å². The number of nitrogens with two attached hydrogens (primary N) is 1. The van der Waals surface area contributed by atoms with E-state index < -0.39 is 6.04 Å². The number of rotatable bonds is 6. The number of para-hydroxylation sites is 1. The predicted octanol–water partition coefficient (Wildman–Crippen LogP) is 3.30. The molecule has 0 radical (unpaired) electrons. The Morgan fingerprint density at radius 3 is 2.40 bits per heavy atom. The van der Waals surface area contributed by atoms with Crippen molar-refractivity contribution in [1.29, 1.82) is 0 Å². The topological polar surface area (TPSA) is 44.5 Å². The third-order valence-corrected chi connectivity index (χ3v) is 2.82. The van der Waals surface area contributed by atoms with E-state index >= 15 is 0 Å². The highest BCUT2D eigenvalue weighted by atomic mass is 19.1. The lowest BCUT2D eigenvalue weighted by Gasteiger charge is -2.15. The van der Waals surface area contributed by atoms with Gasteiger partial charge in [0.2, 0.25) is 0 Å². The number of halogens is 1. The Labute approximate surface area is 118 Å². The molecule has 0 fully saturated rings. The van der Waals surface area contributed by atoms with E-state index in [2.05, 4.69) is 0 Å². The van der Waals surface area contributed by atoms with Crippen LogP contribution in [0.4, 0.5) is 4.39 Å². The van der Waals surface area contributed by atoms with E-state index in [4.69, 9.17) is 15.2 Å². The first-order valence-corrected chi connectivity index (χ1v) is 6.53. The first-order valence-electron chi connectivity index (χ1n) is 6.53. The lowest BCUT2D eigenvalue weighted by Crippen LogP contribution is -2.14. The summed E-state index contributed by atoms with van der Waals surface area (Å²) in [6.45, 7) is 2.45. The van der Waals surface area contributed by atoms with Crippen LogP contribution >= 0.6 is 0 Å². The Balaban J connectivity index is 1.90. The minimum absolute atomic E-state index is 0.331. The van der Waals surface area contributed by atoms with Crippen LogP contribution in [0.5, 0.6) is 11.5 Å². The van der Waals surface area contributed by atoms with Gasteiger partial charge in [0, 0.05) is 11.6 Å². The quantitative estimate of drug-likeness (QED) is 0.823. The number of benzene rings is 2. The summed E-state index contributed by atoms with van der Waals surface area (Å²) in [6.07, 6.45) is 0. The lowest BCUT2D eigenvalue weighted by molar-refractivity contribution is 0.214. The van der Waals surface area contributed by atoms with Crippen molar-refractivity contribution in [3.8, 4) is 11.5 Å². The second-order valence-electron chi connectivity index (χ2n) is 4.45. The Morgan fingerprint density at radius 1 is 1.00 bits per heavy atom. The third-order valence-electron chi connectivity index (χ3n) is 2.82. The van der Waals surface area contributed by atoms with Crippen molar-refractivity contribution in [3.05, 3.63) is 59.9 Å². The monoisotopic (exact) mass is 275 g/mol. The number of hydrogen-bond donors (Lipinski definition) is 1. The smallest absolute Gasteiger partial charge is 0.131 e. The Kier molecular flexibility index (Phi) is 4.96. The van der Waals surface area contributed by atoms with Gasteiger partial charge < -0.3 is 15.2 Å². The molecule has 0 bridgehead atoms. The molecule has 0 saturated carbocycles. The van der Waals surface area contributed by atoms with Gasteiger partial charge in [0.15, 0.2) is 0 Å². The standard InChI is InChI=1S/C16H18FNO2/c1-12(18)16-14(17)8-5-9-15(16)20-11-10-19-13-6-3-2-4-7-13/h2-9,12H,10-11,18H2,1H3. The van der Waals surface area contributed by atoms with Crippen molar-refractivity contribution in [2.75, 3.05) is 13.2 Å². The van der Waals surface area contributed by atoms with Gasteiger partial charge in [-0.15, -0.1) is 0 Å². The largest absolute Gasteiger partial charge is 0.490 e. The van der Waals surface area contributed by atoms with Gasteiger partial charge in [-0.3, -0.25) is 0 Å². The molecule has 4 heteroatoms. The van der Waals surface area contributed by atoms with Gasteiger partial charge >= 0.3 is 0 Å². The van der Waals surface area contributed by atoms with Gasteiger partial charge in [-0.25, -0.2) is 4.39 Å². The molecule has 2 aromatic rings. The summed E-state index contributed by atoms with van der Waals surface area (Å²) in [5.41, 5.74) is 6.15. The molecule has 0 amide bonds. The molecular weight excluding hydrogens is 257 g/mol. The molecular formula is C16H18FNO2. The van der Waals surface area contributed by atoms with Gasteiger partial charge in [0.05, 0.1) is 0 Å². The van der Waals surface area contributed by atoms with Crippen LogP contribution in [0.25, 0.3) is 0 Å². The summed E-state index contributed by atoms with van der Waals surface area (Å²) in [6, 6.07) is 13.7. The van der Waals surface area contributed by atoms with Crippen LogP contribution < -0.4 is 15.2 Å². The maximum absolute atomic E-state index is 13.7. The van der Waals surface area contributed by atoms with Crippen molar-refractivity contribution < 1.29 is 13.9 Å². The van der Waals surface area contributed by atoms with E-state index in [1.54, 1.807) is 19.1 Å². The summed E-state index contributed by atoms with van der Waals surface area (Å²) >= 11 is 0. The molecule has 0 aliphatic rings. The fourth-order valence-corrected chi connectivity index (χ4v) is 1.91. The van der Waals surface area contributed by atoms with Crippen LogP contribution in [-0.2, 0) is 0 Å². The number of hydrogen-bond acceptors (Lipinski definition) is 3. The van der Waals surface area contributed by atoms with E-state index in [1.165, 1.54) is 6.07 Å². The zero-order valence-corrected chi connectivity index (χ0v) is 11.4. The molecule has 0 saturated heterocycles. The van der Waals surface area contributed by atoms with Crippen LogP contribution in [0.3, 0.4) is 0 Å². The molecule has 3 nitrogen and oxygen atoms in total. The van der Waals surface area contributed by atoms with Crippen LogP contribution in [-0.4, -0.2) is 13.2 Å². The number of ether oxygens (including phenoxy) is 2. The normalized spacial score (nSPS) is 11.9. The molecule has 2 N–H and O–H groups in total. The fraction of sp³-hybridized carbons (Fsp3) is 0.250. The van der Waals surface area contributed by atoms with Crippen molar-refractivity contribution in [2.45, 2.75) is 13.0 Å². The molecule has 0 aliphatic heterocycles. The highest BCUT2D eigenvalue weighted by Crippen LogP contribution is 2.26. The molecule has 106 valence electrons. The van der Waals surface area contributed by atoms with E-state index in [9.17, 15) is 4.39 Å². The van der Waals surface area contributed by atoms with Crippen molar-refractivity contribution in [2.24, 2.45) is 5.73 Å². The second kappa shape index (κ2) is 6.91.